The highest BCUT2D eigenvalue weighted by molar-refractivity contribution is 6.27. The van der Waals surface area contributed by atoms with E-state index >= 15 is 0 Å². The van der Waals surface area contributed by atoms with Crippen LogP contribution in [0.3, 0.4) is 0 Å². The Labute approximate surface area is 148 Å². The van der Waals surface area contributed by atoms with Gasteiger partial charge in [0.1, 0.15) is 12.5 Å². The van der Waals surface area contributed by atoms with Crippen molar-refractivity contribution in [2.24, 2.45) is 0 Å². The number of amides is 2. The van der Waals surface area contributed by atoms with Gasteiger partial charge in [0.2, 0.25) is 5.91 Å². The summed E-state index contributed by atoms with van der Waals surface area (Å²) in [6.07, 6.45) is 2.60. The summed E-state index contributed by atoms with van der Waals surface area (Å²) in [4.78, 5) is 27.8. The number of nitrogens with zero attached hydrogens (tertiary/aromatic N) is 2. The molecule has 0 bridgehead atoms. The molecule has 5 nitrogen and oxygen atoms in total. The Morgan fingerprint density at radius 2 is 2.04 bits per heavy atom. The molecule has 0 aromatic heterocycles. The predicted octanol–water partition coefficient (Wildman–Crippen LogP) is 3.27. The molecule has 1 fully saturated rings. The normalized spacial score (nSPS) is 17.4. The minimum absolute atomic E-state index is 0.0128. The van der Waals surface area contributed by atoms with Gasteiger partial charge < -0.3 is 14.5 Å². The molecule has 0 unspecified atom stereocenters. The Morgan fingerprint density at radius 1 is 1.29 bits per heavy atom. The molecule has 0 N–H and O–H groups in total. The minimum Gasteiger partial charge on any atom is -0.445 e. The van der Waals surface area contributed by atoms with Crippen LogP contribution >= 0.6 is 11.6 Å². The third-order valence-corrected chi connectivity index (χ3v) is 4.57. The molecule has 1 aromatic carbocycles. The van der Waals surface area contributed by atoms with Crippen LogP contribution in [0.15, 0.2) is 30.3 Å². The smallest absolute Gasteiger partial charge is 0.410 e. The SMILES string of the molecule is CCN(C[C@@H]1CCCCN1C(=O)CCl)C(=O)OCc1ccccc1. The molecule has 0 saturated carbocycles. The van der Waals surface area contributed by atoms with Crippen molar-refractivity contribution in [1.29, 1.82) is 0 Å². The molecule has 0 radical (unpaired) electrons. The van der Waals surface area contributed by atoms with Crippen LogP contribution in [0.1, 0.15) is 31.7 Å². The first-order chi connectivity index (χ1) is 11.7. The van der Waals surface area contributed by atoms with Crippen molar-refractivity contribution in [3.63, 3.8) is 0 Å². The Kier molecular flexibility index (Phi) is 7.37. The zero-order valence-corrected chi connectivity index (χ0v) is 14.9. The standard InChI is InChI=1S/C18H25ClN2O3/c1-2-20(18(23)24-14-15-8-4-3-5-9-15)13-16-10-6-7-11-21(16)17(22)12-19/h3-5,8-9,16H,2,6-7,10-14H2,1H3/t16-/m0/s1. The molecule has 0 aliphatic carbocycles. The van der Waals surface area contributed by atoms with E-state index in [-0.39, 0.29) is 30.5 Å². The summed E-state index contributed by atoms with van der Waals surface area (Å²) < 4.78 is 5.40. The number of halogens is 1. The van der Waals surface area contributed by atoms with Crippen molar-refractivity contribution < 1.29 is 14.3 Å². The van der Waals surface area contributed by atoms with E-state index in [1.54, 1.807) is 4.90 Å². The van der Waals surface area contributed by atoms with Crippen LogP contribution in [0.5, 0.6) is 0 Å². The number of alkyl halides is 1. The number of carbonyl (C=O) groups excluding carboxylic acids is 2. The van der Waals surface area contributed by atoms with Gasteiger partial charge in [0.05, 0.1) is 0 Å². The maximum Gasteiger partial charge on any atom is 0.410 e. The number of ether oxygens (including phenoxy) is 1. The van der Waals surface area contributed by atoms with Crippen molar-refractivity contribution in [3.05, 3.63) is 35.9 Å². The van der Waals surface area contributed by atoms with E-state index in [2.05, 4.69) is 0 Å². The predicted molar refractivity (Wildman–Crippen MR) is 93.9 cm³/mol. The number of piperidine rings is 1. The van der Waals surface area contributed by atoms with Crippen LogP contribution in [0.2, 0.25) is 0 Å². The summed E-state index contributed by atoms with van der Waals surface area (Å²) in [5.74, 6) is -0.0729. The Bertz CT molecular complexity index is 538. The maximum absolute atomic E-state index is 12.3. The van der Waals surface area contributed by atoms with Crippen LogP contribution in [0, 0.1) is 0 Å². The zero-order chi connectivity index (χ0) is 17.4. The van der Waals surface area contributed by atoms with Gasteiger partial charge in [-0.15, -0.1) is 11.6 Å². The van der Waals surface area contributed by atoms with E-state index in [4.69, 9.17) is 16.3 Å². The summed E-state index contributed by atoms with van der Waals surface area (Å²) in [6, 6.07) is 9.62. The van der Waals surface area contributed by atoms with Crippen LogP contribution < -0.4 is 0 Å². The molecule has 6 heteroatoms. The molecule has 1 aliphatic rings. The molecular weight excluding hydrogens is 328 g/mol. The van der Waals surface area contributed by atoms with Gasteiger partial charge in [-0.05, 0) is 31.7 Å². The highest BCUT2D eigenvalue weighted by Gasteiger charge is 2.29. The van der Waals surface area contributed by atoms with Gasteiger partial charge in [-0.1, -0.05) is 30.3 Å². The van der Waals surface area contributed by atoms with Crippen molar-refractivity contribution in [3.8, 4) is 0 Å². The average Bonchev–Trinajstić information content (AvgIpc) is 2.64. The van der Waals surface area contributed by atoms with Crippen molar-refractivity contribution in [2.45, 2.75) is 38.8 Å². The quantitative estimate of drug-likeness (QED) is 0.738. The number of hydrogen-bond donors (Lipinski definition) is 0. The molecular formula is C18H25ClN2O3. The summed E-state index contributed by atoms with van der Waals surface area (Å²) in [5.41, 5.74) is 0.957. The number of likely N-dealkylation sites (tertiary alicyclic amines) is 1. The zero-order valence-electron chi connectivity index (χ0n) is 14.1. The largest absolute Gasteiger partial charge is 0.445 e. The molecule has 2 rings (SSSR count). The van der Waals surface area contributed by atoms with Crippen LogP contribution in [-0.4, -0.2) is 53.4 Å². The molecule has 1 heterocycles. The van der Waals surface area contributed by atoms with E-state index in [9.17, 15) is 9.59 Å². The molecule has 24 heavy (non-hydrogen) atoms. The minimum atomic E-state index is -0.342. The monoisotopic (exact) mass is 352 g/mol. The Morgan fingerprint density at radius 3 is 2.71 bits per heavy atom. The van der Waals surface area contributed by atoms with Crippen molar-refractivity contribution >= 4 is 23.6 Å². The van der Waals surface area contributed by atoms with Gasteiger partial charge in [0, 0.05) is 25.7 Å². The van der Waals surface area contributed by atoms with Gasteiger partial charge in [-0.2, -0.15) is 0 Å². The Balaban J connectivity index is 1.91. The van der Waals surface area contributed by atoms with E-state index < -0.39 is 0 Å². The maximum atomic E-state index is 12.3. The number of likely N-dealkylation sites (N-methyl/N-ethyl adjacent to an activating group) is 1. The fourth-order valence-corrected chi connectivity index (χ4v) is 3.15. The first kappa shape index (κ1) is 18.6. The third kappa shape index (κ3) is 5.13. The fourth-order valence-electron chi connectivity index (χ4n) is 2.99. The first-order valence-corrected chi connectivity index (χ1v) is 9.00. The Hall–Kier alpha value is -1.75. The molecule has 1 aromatic rings. The lowest BCUT2D eigenvalue weighted by Crippen LogP contribution is -2.51. The van der Waals surface area contributed by atoms with Gasteiger partial charge in [-0.3, -0.25) is 4.79 Å². The second kappa shape index (κ2) is 9.52. The van der Waals surface area contributed by atoms with Gasteiger partial charge >= 0.3 is 6.09 Å². The highest BCUT2D eigenvalue weighted by atomic mass is 35.5. The highest BCUT2D eigenvalue weighted by Crippen LogP contribution is 2.19. The van der Waals surface area contributed by atoms with E-state index in [0.29, 0.717) is 19.6 Å². The molecule has 1 saturated heterocycles. The second-order valence-corrected chi connectivity index (χ2v) is 6.22. The summed E-state index contributed by atoms with van der Waals surface area (Å²) in [5, 5.41) is 0. The number of rotatable bonds is 6. The molecule has 1 atom stereocenters. The molecule has 1 aliphatic heterocycles. The van der Waals surface area contributed by atoms with E-state index in [1.807, 2.05) is 42.2 Å². The summed E-state index contributed by atoms with van der Waals surface area (Å²) in [7, 11) is 0. The number of carbonyl (C=O) groups is 2. The van der Waals surface area contributed by atoms with E-state index in [1.165, 1.54) is 0 Å². The van der Waals surface area contributed by atoms with E-state index in [0.717, 1.165) is 24.8 Å². The van der Waals surface area contributed by atoms with Crippen LogP contribution in [-0.2, 0) is 16.1 Å². The van der Waals surface area contributed by atoms with Gasteiger partial charge in [-0.25, -0.2) is 4.79 Å². The van der Waals surface area contributed by atoms with Crippen molar-refractivity contribution in [2.75, 3.05) is 25.5 Å². The second-order valence-electron chi connectivity index (χ2n) is 5.95. The molecule has 2 amide bonds. The lowest BCUT2D eigenvalue weighted by Gasteiger charge is -2.38. The van der Waals surface area contributed by atoms with Crippen LogP contribution in [0.4, 0.5) is 4.79 Å². The van der Waals surface area contributed by atoms with Crippen molar-refractivity contribution in [1.82, 2.24) is 9.80 Å². The summed E-state index contributed by atoms with van der Waals surface area (Å²) >= 11 is 5.70. The summed E-state index contributed by atoms with van der Waals surface area (Å²) in [6.45, 7) is 3.93. The third-order valence-electron chi connectivity index (χ3n) is 4.34. The number of hydrogen-bond acceptors (Lipinski definition) is 3. The topological polar surface area (TPSA) is 49.9 Å². The van der Waals surface area contributed by atoms with Gasteiger partial charge in [0.25, 0.3) is 0 Å². The average molecular weight is 353 g/mol. The first-order valence-electron chi connectivity index (χ1n) is 8.46. The van der Waals surface area contributed by atoms with Gasteiger partial charge in [0.15, 0.2) is 0 Å². The van der Waals surface area contributed by atoms with Crippen LogP contribution in [0.25, 0.3) is 0 Å². The lowest BCUT2D eigenvalue weighted by molar-refractivity contribution is -0.132. The molecule has 132 valence electrons. The molecule has 0 spiro atoms. The number of benzene rings is 1. The fraction of sp³-hybridized carbons (Fsp3) is 0.556. The lowest BCUT2D eigenvalue weighted by atomic mass is 10.0.